The fourth-order valence-corrected chi connectivity index (χ4v) is 5.03. The summed E-state index contributed by atoms with van der Waals surface area (Å²) in [5.74, 6) is 0. The lowest BCUT2D eigenvalue weighted by atomic mass is 9.76. The summed E-state index contributed by atoms with van der Waals surface area (Å²) in [6, 6.07) is -0.250. The van der Waals surface area contributed by atoms with Gasteiger partial charge in [-0.3, -0.25) is 0 Å². The lowest BCUT2D eigenvalue weighted by Crippen LogP contribution is -2.52. The Hall–Kier alpha value is -0.170. The van der Waals surface area contributed by atoms with Gasteiger partial charge >= 0.3 is 0 Å². The number of aliphatic hydroxyl groups excluding tert-OH is 1. The summed E-state index contributed by atoms with van der Waals surface area (Å²) in [5, 5.41) is 9.36. The van der Waals surface area contributed by atoms with Crippen molar-refractivity contribution in [2.24, 2.45) is 5.41 Å². The van der Waals surface area contributed by atoms with Crippen molar-refractivity contribution in [1.82, 2.24) is 9.03 Å². The zero-order valence-electron chi connectivity index (χ0n) is 12.5. The van der Waals surface area contributed by atoms with Crippen LogP contribution in [0.15, 0.2) is 0 Å². The Morgan fingerprint density at radius 1 is 1.20 bits per heavy atom. The zero-order chi connectivity index (χ0) is 14.6. The third kappa shape index (κ3) is 3.93. The fourth-order valence-electron chi connectivity index (χ4n) is 3.40. The van der Waals surface area contributed by atoms with Crippen molar-refractivity contribution in [1.29, 1.82) is 0 Å². The lowest BCUT2D eigenvalue weighted by Gasteiger charge is -2.37. The highest BCUT2D eigenvalue weighted by Crippen LogP contribution is 2.35. The quantitative estimate of drug-likeness (QED) is 0.811. The molecular weight excluding hydrogens is 276 g/mol. The second-order valence-electron chi connectivity index (χ2n) is 6.64. The van der Waals surface area contributed by atoms with E-state index in [0.29, 0.717) is 13.1 Å². The second-order valence-corrected chi connectivity index (χ2v) is 8.35. The summed E-state index contributed by atoms with van der Waals surface area (Å²) in [5.41, 5.74) is 0.0931. The van der Waals surface area contributed by atoms with Crippen molar-refractivity contribution in [2.75, 3.05) is 19.7 Å². The molecule has 20 heavy (non-hydrogen) atoms. The van der Waals surface area contributed by atoms with Crippen LogP contribution in [-0.4, -0.2) is 43.6 Å². The van der Waals surface area contributed by atoms with E-state index < -0.39 is 10.2 Å². The average Bonchev–Trinajstić information content (AvgIpc) is 2.46. The van der Waals surface area contributed by atoms with Crippen LogP contribution in [0, 0.1) is 5.41 Å². The number of nitrogens with one attached hydrogen (secondary N) is 1. The summed E-state index contributed by atoms with van der Waals surface area (Å²) < 4.78 is 29.1. The van der Waals surface area contributed by atoms with Gasteiger partial charge in [-0.25, -0.2) is 4.72 Å². The van der Waals surface area contributed by atoms with E-state index in [-0.39, 0.29) is 18.1 Å². The molecule has 1 aliphatic carbocycles. The molecule has 1 saturated heterocycles. The molecule has 1 atom stereocenters. The SMILES string of the molecule is CC1(CNS(=O)(=O)N2CCCCC2CO)CCCCC1. The highest BCUT2D eigenvalue weighted by molar-refractivity contribution is 7.87. The van der Waals surface area contributed by atoms with Gasteiger partial charge in [0.05, 0.1) is 6.61 Å². The molecule has 2 fully saturated rings. The standard InChI is InChI=1S/C14H28N2O3S/c1-14(8-4-2-5-9-14)12-15-20(18,19)16-10-6-3-7-13(16)11-17/h13,15,17H,2-12H2,1H3. The molecule has 0 aromatic heterocycles. The maximum Gasteiger partial charge on any atom is 0.279 e. The number of aliphatic hydroxyl groups is 1. The van der Waals surface area contributed by atoms with Crippen LogP contribution in [0.1, 0.15) is 58.3 Å². The van der Waals surface area contributed by atoms with E-state index in [1.807, 2.05) is 0 Å². The van der Waals surface area contributed by atoms with Gasteiger partial charge < -0.3 is 5.11 Å². The Kier molecular flexibility index (Phi) is 5.45. The predicted octanol–water partition coefficient (Wildman–Crippen LogP) is 1.64. The predicted molar refractivity (Wildman–Crippen MR) is 79.5 cm³/mol. The van der Waals surface area contributed by atoms with Gasteiger partial charge in [0.25, 0.3) is 10.2 Å². The molecule has 6 heteroatoms. The second kappa shape index (κ2) is 6.73. The Morgan fingerprint density at radius 2 is 1.90 bits per heavy atom. The Labute approximate surface area is 122 Å². The van der Waals surface area contributed by atoms with Crippen LogP contribution >= 0.6 is 0 Å². The van der Waals surface area contributed by atoms with Gasteiger partial charge in [-0.2, -0.15) is 12.7 Å². The van der Waals surface area contributed by atoms with Gasteiger partial charge in [0.15, 0.2) is 0 Å². The zero-order valence-corrected chi connectivity index (χ0v) is 13.3. The highest BCUT2D eigenvalue weighted by atomic mass is 32.2. The summed E-state index contributed by atoms with van der Waals surface area (Å²) >= 11 is 0. The van der Waals surface area contributed by atoms with E-state index in [1.54, 1.807) is 0 Å². The van der Waals surface area contributed by atoms with Gasteiger partial charge in [0.1, 0.15) is 0 Å². The van der Waals surface area contributed by atoms with Crippen LogP contribution < -0.4 is 4.72 Å². The monoisotopic (exact) mass is 304 g/mol. The van der Waals surface area contributed by atoms with Gasteiger partial charge in [0, 0.05) is 19.1 Å². The molecule has 1 saturated carbocycles. The van der Waals surface area contributed by atoms with E-state index >= 15 is 0 Å². The van der Waals surface area contributed by atoms with Crippen LogP contribution in [0.25, 0.3) is 0 Å². The molecule has 1 aliphatic heterocycles. The van der Waals surface area contributed by atoms with E-state index in [9.17, 15) is 13.5 Å². The minimum Gasteiger partial charge on any atom is -0.395 e. The van der Waals surface area contributed by atoms with Crippen LogP contribution in [0.3, 0.4) is 0 Å². The summed E-state index contributed by atoms with van der Waals surface area (Å²) in [4.78, 5) is 0. The molecule has 1 heterocycles. The van der Waals surface area contributed by atoms with E-state index in [4.69, 9.17) is 0 Å². The maximum atomic E-state index is 12.4. The minimum atomic E-state index is -3.46. The van der Waals surface area contributed by atoms with Gasteiger partial charge in [0.2, 0.25) is 0 Å². The normalized spacial score (nSPS) is 28.4. The minimum absolute atomic E-state index is 0.0851. The number of rotatable bonds is 5. The third-order valence-electron chi connectivity index (χ3n) is 4.83. The third-order valence-corrected chi connectivity index (χ3v) is 6.44. The van der Waals surface area contributed by atoms with Crippen LogP contribution in [0.5, 0.6) is 0 Å². The summed E-state index contributed by atoms with van der Waals surface area (Å²) in [6.45, 7) is 3.13. The van der Waals surface area contributed by atoms with Gasteiger partial charge in [-0.05, 0) is 31.1 Å². The average molecular weight is 304 g/mol. The number of piperidine rings is 1. The molecular formula is C14H28N2O3S. The first-order valence-corrected chi connectivity index (χ1v) is 9.28. The van der Waals surface area contributed by atoms with Gasteiger partial charge in [-0.1, -0.05) is 32.6 Å². The first kappa shape index (κ1) is 16.2. The molecule has 0 radical (unpaired) electrons. The van der Waals surface area contributed by atoms with Crippen molar-refractivity contribution in [3.8, 4) is 0 Å². The van der Waals surface area contributed by atoms with Crippen molar-refractivity contribution >= 4 is 10.2 Å². The van der Waals surface area contributed by atoms with Crippen LogP contribution in [0.2, 0.25) is 0 Å². The molecule has 2 aliphatic rings. The molecule has 5 nitrogen and oxygen atoms in total. The smallest absolute Gasteiger partial charge is 0.279 e. The van der Waals surface area contributed by atoms with Crippen molar-refractivity contribution in [2.45, 2.75) is 64.3 Å². The molecule has 2 rings (SSSR count). The molecule has 2 N–H and O–H groups in total. The lowest BCUT2D eigenvalue weighted by molar-refractivity contribution is 0.152. The van der Waals surface area contributed by atoms with Crippen molar-refractivity contribution in [3.05, 3.63) is 0 Å². The van der Waals surface area contributed by atoms with Crippen molar-refractivity contribution in [3.63, 3.8) is 0 Å². The van der Waals surface area contributed by atoms with E-state index in [0.717, 1.165) is 32.1 Å². The summed E-state index contributed by atoms with van der Waals surface area (Å²) in [6.07, 6.45) is 8.49. The summed E-state index contributed by atoms with van der Waals surface area (Å²) in [7, 11) is -3.46. The Morgan fingerprint density at radius 3 is 2.55 bits per heavy atom. The first-order valence-electron chi connectivity index (χ1n) is 7.84. The molecule has 0 aromatic rings. The number of nitrogens with zero attached hydrogens (tertiary/aromatic N) is 1. The van der Waals surface area contributed by atoms with Crippen LogP contribution in [-0.2, 0) is 10.2 Å². The molecule has 0 spiro atoms. The van der Waals surface area contributed by atoms with Crippen LogP contribution in [0.4, 0.5) is 0 Å². The highest BCUT2D eigenvalue weighted by Gasteiger charge is 2.34. The first-order chi connectivity index (χ1) is 9.47. The van der Waals surface area contributed by atoms with E-state index in [1.165, 1.54) is 23.6 Å². The molecule has 1 unspecified atom stereocenters. The molecule has 0 bridgehead atoms. The number of hydrogen-bond acceptors (Lipinski definition) is 3. The number of hydrogen-bond donors (Lipinski definition) is 2. The van der Waals surface area contributed by atoms with Gasteiger partial charge in [-0.15, -0.1) is 0 Å². The Bertz CT molecular complexity index is 405. The Balaban J connectivity index is 1.95. The molecule has 118 valence electrons. The largest absolute Gasteiger partial charge is 0.395 e. The fraction of sp³-hybridized carbons (Fsp3) is 1.00. The van der Waals surface area contributed by atoms with E-state index in [2.05, 4.69) is 11.6 Å². The van der Waals surface area contributed by atoms with Crippen molar-refractivity contribution < 1.29 is 13.5 Å². The molecule has 0 amide bonds. The molecule has 0 aromatic carbocycles. The maximum absolute atomic E-state index is 12.4. The topological polar surface area (TPSA) is 69.6 Å².